The Balaban J connectivity index is 2.82. The minimum absolute atomic E-state index is 0.314. The van der Waals surface area contributed by atoms with E-state index >= 15 is 0 Å². The topological polar surface area (TPSA) is 26.3 Å². The average molecular weight is 216 g/mol. The highest BCUT2D eigenvalue weighted by Crippen LogP contribution is 2.05. The number of esters is 1. The summed E-state index contributed by atoms with van der Waals surface area (Å²) in [6.45, 7) is 5.91. The molecular weight excluding hydrogens is 200 g/mol. The number of rotatable bonds is 3. The fourth-order valence-electron chi connectivity index (χ4n) is 1.15. The normalized spacial score (nSPS) is 9.19. The van der Waals surface area contributed by atoms with Crippen LogP contribution >= 0.6 is 0 Å². The van der Waals surface area contributed by atoms with Crippen LogP contribution in [0.15, 0.2) is 35.6 Å². The van der Waals surface area contributed by atoms with Crippen LogP contribution in [-0.4, -0.2) is 12.6 Å². The molecule has 2 nitrogen and oxygen atoms in total. The van der Waals surface area contributed by atoms with Crippen molar-refractivity contribution in [3.63, 3.8) is 0 Å². The van der Waals surface area contributed by atoms with E-state index in [4.69, 9.17) is 4.74 Å². The fourth-order valence-corrected chi connectivity index (χ4v) is 1.15. The molecule has 0 heterocycles. The highest BCUT2D eigenvalue weighted by molar-refractivity contribution is 5.88. The zero-order chi connectivity index (χ0) is 12.0. The van der Waals surface area contributed by atoms with Gasteiger partial charge in [0.25, 0.3) is 0 Å². The molecule has 0 fully saturated rings. The molecule has 0 bridgehead atoms. The van der Waals surface area contributed by atoms with Crippen LogP contribution in [0.2, 0.25) is 0 Å². The molecule has 0 aliphatic carbocycles. The summed E-state index contributed by atoms with van der Waals surface area (Å²) in [6, 6.07) is 8.02. The summed E-state index contributed by atoms with van der Waals surface area (Å²) in [5.41, 5.74) is 5.64. The second kappa shape index (κ2) is 5.94. The first-order valence-corrected chi connectivity index (χ1v) is 5.30. The quantitative estimate of drug-likeness (QED) is 0.441. The lowest BCUT2D eigenvalue weighted by molar-refractivity contribution is -0.138. The van der Waals surface area contributed by atoms with Gasteiger partial charge in [0.2, 0.25) is 0 Å². The van der Waals surface area contributed by atoms with Crippen molar-refractivity contribution in [3.05, 3.63) is 46.7 Å². The lowest BCUT2D eigenvalue weighted by atomic mass is 10.1. The smallest absolute Gasteiger partial charge is 0.341 e. The van der Waals surface area contributed by atoms with E-state index in [2.05, 4.69) is 5.73 Å². The van der Waals surface area contributed by atoms with Crippen LogP contribution in [0.1, 0.15) is 25.0 Å². The summed E-state index contributed by atoms with van der Waals surface area (Å²) in [5.74, 6) is -0.314. The summed E-state index contributed by atoms with van der Waals surface area (Å²) in [6.07, 6.45) is 1.78. The summed E-state index contributed by atoms with van der Waals surface area (Å²) in [7, 11) is 0. The average Bonchev–Trinajstić information content (AvgIpc) is 2.28. The second-order valence-corrected chi connectivity index (χ2v) is 3.54. The van der Waals surface area contributed by atoms with E-state index in [0.29, 0.717) is 12.2 Å². The lowest BCUT2D eigenvalue weighted by Gasteiger charge is -1.97. The van der Waals surface area contributed by atoms with Gasteiger partial charge in [-0.15, -0.1) is 5.73 Å². The number of carbonyl (C=O) groups is 1. The molecular formula is C14H16O2. The predicted octanol–water partition coefficient (Wildman–Crippen LogP) is 3.12. The summed E-state index contributed by atoms with van der Waals surface area (Å²) in [4.78, 5) is 11.3. The standard InChI is InChI=1S/C14H16O2/c1-4-16-14(15)12(3)7-10-13-8-5-11(2)6-9-13/h5-6,8-10H,4H2,1-3H3. The first kappa shape index (κ1) is 12.3. The molecule has 0 saturated heterocycles. The molecule has 1 aromatic rings. The third-order valence-electron chi connectivity index (χ3n) is 2.11. The summed E-state index contributed by atoms with van der Waals surface area (Å²) >= 11 is 0. The molecule has 0 saturated carbocycles. The first-order chi connectivity index (χ1) is 7.63. The van der Waals surface area contributed by atoms with Gasteiger partial charge < -0.3 is 4.74 Å². The van der Waals surface area contributed by atoms with Crippen molar-refractivity contribution in [2.75, 3.05) is 6.61 Å². The largest absolute Gasteiger partial charge is 0.462 e. The minimum Gasteiger partial charge on any atom is -0.462 e. The molecule has 2 heteroatoms. The highest BCUT2D eigenvalue weighted by Gasteiger charge is 2.01. The monoisotopic (exact) mass is 216 g/mol. The second-order valence-electron chi connectivity index (χ2n) is 3.54. The van der Waals surface area contributed by atoms with Crippen molar-refractivity contribution in [2.24, 2.45) is 0 Å². The third-order valence-corrected chi connectivity index (χ3v) is 2.11. The van der Waals surface area contributed by atoms with Gasteiger partial charge in [-0.2, -0.15) is 0 Å². The van der Waals surface area contributed by atoms with Gasteiger partial charge in [0, 0.05) is 0 Å². The van der Waals surface area contributed by atoms with Gasteiger partial charge in [-0.05, 0) is 32.4 Å². The van der Waals surface area contributed by atoms with E-state index in [-0.39, 0.29) is 5.97 Å². The number of carbonyl (C=O) groups excluding carboxylic acids is 1. The Morgan fingerprint density at radius 1 is 1.38 bits per heavy atom. The minimum atomic E-state index is -0.314. The van der Waals surface area contributed by atoms with Crippen LogP contribution in [0.3, 0.4) is 0 Å². The fraction of sp³-hybridized carbons (Fsp3) is 0.286. The molecule has 0 aliphatic heterocycles. The number of benzene rings is 1. The molecule has 0 spiro atoms. The first-order valence-electron chi connectivity index (χ1n) is 5.30. The van der Waals surface area contributed by atoms with E-state index in [1.807, 2.05) is 31.2 Å². The molecule has 0 unspecified atom stereocenters. The van der Waals surface area contributed by atoms with Gasteiger partial charge in [0.05, 0.1) is 12.2 Å². The lowest BCUT2D eigenvalue weighted by Crippen LogP contribution is -2.03. The van der Waals surface area contributed by atoms with Crippen LogP contribution in [-0.2, 0) is 9.53 Å². The molecule has 16 heavy (non-hydrogen) atoms. The molecule has 0 N–H and O–H groups in total. The molecule has 0 amide bonds. The van der Waals surface area contributed by atoms with Crippen LogP contribution in [0, 0.1) is 6.92 Å². The molecule has 1 rings (SSSR count). The maximum absolute atomic E-state index is 11.3. The number of hydrogen-bond acceptors (Lipinski definition) is 2. The SMILES string of the molecule is CCOC(=O)C(C)=C=Cc1ccc(C)cc1. The van der Waals surface area contributed by atoms with Gasteiger partial charge in [-0.25, -0.2) is 4.79 Å². The Morgan fingerprint density at radius 2 is 2.00 bits per heavy atom. The van der Waals surface area contributed by atoms with E-state index in [0.717, 1.165) is 5.56 Å². The van der Waals surface area contributed by atoms with Gasteiger partial charge in [0.1, 0.15) is 0 Å². The van der Waals surface area contributed by atoms with Crippen molar-refractivity contribution in [1.29, 1.82) is 0 Å². The van der Waals surface area contributed by atoms with Gasteiger partial charge in [-0.3, -0.25) is 0 Å². The maximum atomic E-state index is 11.3. The van der Waals surface area contributed by atoms with Gasteiger partial charge in [0.15, 0.2) is 0 Å². The molecule has 0 aliphatic rings. The Bertz CT molecular complexity index is 421. The van der Waals surface area contributed by atoms with Crippen LogP contribution in [0.5, 0.6) is 0 Å². The summed E-state index contributed by atoms with van der Waals surface area (Å²) in [5, 5.41) is 0. The molecule has 1 aromatic carbocycles. The van der Waals surface area contributed by atoms with E-state index in [1.165, 1.54) is 5.56 Å². The Morgan fingerprint density at radius 3 is 2.56 bits per heavy atom. The molecule has 0 radical (unpaired) electrons. The van der Waals surface area contributed by atoms with Crippen molar-refractivity contribution in [3.8, 4) is 0 Å². The zero-order valence-corrected chi connectivity index (χ0v) is 9.91. The highest BCUT2D eigenvalue weighted by atomic mass is 16.5. The van der Waals surface area contributed by atoms with Crippen LogP contribution < -0.4 is 0 Å². The number of hydrogen-bond donors (Lipinski definition) is 0. The van der Waals surface area contributed by atoms with Crippen molar-refractivity contribution in [1.82, 2.24) is 0 Å². The van der Waals surface area contributed by atoms with Crippen LogP contribution in [0.4, 0.5) is 0 Å². The summed E-state index contributed by atoms with van der Waals surface area (Å²) < 4.78 is 4.85. The number of aryl methyl sites for hydroxylation is 1. The van der Waals surface area contributed by atoms with E-state index in [9.17, 15) is 4.79 Å². The van der Waals surface area contributed by atoms with Gasteiger partial charge >= 0.3 is 5.97 Å². The Kier molecular flexibility index (Phi) is 4.56. The third kappa shape index (κ3) is 3.76. The van der Waals surface area contributed by atoms with E-state index < -0.39 is 0 Å². The molecule has 0 atom stereocenters. The molecule has 84 valence electrons. The van der Waals surface area contributed by atoms with Crippen molar-refractivity contribution < 1.29 is 9.53 Å². The predicted molar refractivity (Wildman–Crippen MR) is 65.0 cm³/mol. The van der Waals surface area contributed by atoms with Crippen molar-refractivity contribution >= 4 is 12.0 Å². The van der Waals surface area contributed by atoms with Crippen molar-refractivity contribution in [2.45, 2.75) is 20.8 Å². The number of ether oxygens (including phenoxy) is 1. The zero-order valence-electron chi connectivity index (χ0n) is 9.91. The van der Waals surface area contributed by atoms with E-state index in [1.54, 1.807) is 19.9 Å². The maximum Gasteiger partial charge on any atom is 0.341 e. The van der Waals surface area contributed by atoms with Crippen LogP contribution in [0.25, 0.3) is 6.08 Å². The Labute approximate surface area is 96.2 Å². The molecule has 0 aromatic heterocycles. The van der Waals surface area contributed by atoms with Gasteiger partial charge in [-0.1, -0.05) is 29.8 Å². The Hall–Kier alpha value is -1.79.